The van der Waals surface area contributed by atoms with Crippen LogP contribution >= 0.6 is 0 Å². The van der Waals surface area contributed by atoms with Crippen molar-refractivity contribution < 1.29 is 24.3 Å². The number of hydrazine groups is 1. The second kappa shape index (κ2) is 9.99. The van der Waals surface area contributed by atoms with E-state index in [1.807, 2.05) is 12.1 Å². The van der Waals surface area contributed by atoms with Gasteiger partial charge in [0.25, 0.3) is 17.7 Å². The highest BCUT2D eigenvalue weighted by Crippen LogP contribution is 2.22. The number of carboxylic acid groups (broad SMARTS) is 1. The van der Waals surface area contributed by atoms with Gasteiger partial charge in [-0.1, -0.05) is 45.0 Å². The summed E-state index contributed by atoms with van der Waals surface area (Å²) < 4.78 is 0. The molecule has 3 rings (SSSR count). The van der Waals surface area contributed by atoms with E-state index in [9.17, 15) is 24.3 Å². The summed E-state index contributed by atoms with van der Waals surface area (Å²) in [6, 6.07) is 19.2. The predicted octanol–water partition coefficient (Wildman–Crippen LogP) is 4.01. The van der Waals surface area contributed by atoms with Crippen molar-refractivity contribution in [1.29, 1.82) is 0 Å². The van der Waals surface area contributed by atoms with Gasteiger partial charge in [0.15, 0.2) is 0 Å². The number of nitrogens with one attached hydrogen (secondary N) is 3. The van der Waals surface area contributed by atoms with E-state index in [0.29, 0.717) is 11.3 Å². The van der Waals surface area contributed by atoms with Gasteiger partial charge in [-0.2, -0.15) is 0 Å². The summed E-state index contributed by atoms with van der Waals surface area (Å²) in [5.41, 5.74) is 6.56. The molecule has 0 aliphatic rings. The summed E-state index contributed by atoms with van der Waals surface area (Å²) in [5.74, 6) is -2.88. The summed E-state index contributed by atoms with van der Waals surface area (Å²) in [6.45, 7) is 6.29. The number of rotatable bonds is 5. The van der Waals surface area contributed by atoms with Crippen molar-refractivity contribution in [2.45, 2.75) is 26.2 Å². The first-order chi connectivity index (χ1) is 16.1. The maximum Gasteiger partial charge on any atom is 0.336 e. The molecule has 34 heavy (non-hydrogen) atoms. The molecule has 8 nitrogen and oxygen atoms in total. The molecule has 3 aromatic carbocycles. The average molecular weight is 460 g/mol. The number of hydrogen-bond donors (Lipinski definition) is 4. The Labute approximate surface area is 197 Å². The fourth-order valence-corrected chi connectivity index (χ4v) is 3.15. The second-order valence-electron chi connectivity index (χ2n) is 8.62. The number of carbonyl (C=O) groups is 4. The minimum Gasteiger partial charge on any atom is -0.478 e. The summed E-state index contributed by atoms with van der Waals surface area (Å²) in [4.78, 5) is 48.3. The van der Waals surface area contributed by atoms with Gasteiger partial charge in [0.2, 0.25) is 0 Å². The molecule has 0 heterocycles. The van der Waals surface area contributed by atoms with Gasteiger partial charge >= 0.3 is 5.97 Å². The number of amides is 3. The first-order valence-corrected chi connectivity index (χ1v) is 10.5. The predicted molar refractivity (Wildman–Crippen MR) is 128 cm³/mol. The van der Waals surface area contributed by atoms with Gasteiger partial charge in [-0.25, -0.2) is 4.79 Å². The third kappa shape index (κ3) is 5.86. The van der Waals surface area contributed by atoms with Crippen molar-refractivity contribution in [3.05, 3.63) is 101 Å². The minimum atomic E-state index is -1.25. The van der Waals surface area contributed by atoms with E-state index in [2.05, 4.69) is 36.9 Å². The Kier molecular flexibility index (Phi) is 7.11. The van der Waals surface area contributed by atoms with Crippen LogP contribution in [0.5, 0.6) is 0 Å². The first-order valence-electron chi connectivity index (χ1n) is 10.5. The van der Waals surface area contributed by atoms with Crippen LogP contribution in [0.1, 0.15) is 67.8 Å². The van der Waals surface area contributed by atoms with Crippen LogP contribution in [0.3, 0.4) is 0 Å². The van der Waals surface area contributed by atoms with E-state index in [-0.39, 0.29) is 28.0 Å². The minimum absolute atomic E-state index is 0.00940. The van der Waals surface area contributed by atoms with Crippen molar-refractivity contribution in [3.8, 4) is 0 Å². The molecule has 0 atom stereocenters. The van der Waals surface area contributed by atoms with Crippen molar-refractivity contribution in [3.63, 3.8) is 0 Å². The molecule has 3 aromatic rings. The summed E-state index contributed by atoms with van der Waals surface area (Å²) in [5, 5.41) is 12.0. The Hall–Kier alpha value is -4.46. The van der Waals surface area contributed by atoms with Crippen molar-refractivity contribution in [2.24, 2.45) is 0 Å². The Morgan fingerprint density at radius 2 is 1.15 bits per heavy atom. The third-order valence-electron chi connectivity index (χ3n) is 5.11. The molecule has 0 unspecified atom stereocenters. The molecule has 0 aliphatic carbocycles. The molecule has 8 heteroatoms. The highest BCUT2D eigenvalue weighted by atomic mass is 16.4. The highest BCUT2D eigenvalue weighted by Gasteiger charge is 2.17. The van der Waals surface area contributed by atoms with Crippen LogP contribution in [0.4, 0.5) is 5.69 Å². The number of benzene rings is 3. The Morgan fingerprint density at radius 1 is 0.647 bits per heavy atom. The molecular formula is C26H25N3O5. The van der Waals surface area contributed by atoms with Crippen LogP contribution in [0.25, 0.3) is 0 Å². The van der Waals surface area contributed by atoms with E-state index < -0.39 is 17.8 Å². The Balaban J connectivity index is 1.59. The van der Waals surface area contributed by atoms with Crippen molar-refractivity contribution in [2.75, 3.05) is 5.32 Å². The molecule has 3 amide bonds. The van der Waals surface area contributed by atoms with E-state index in [1.54, 1.807) is 24.3 Å². The third-order valence-corrected chi connectivity index (χ3v) is 5.11. The summed E-state index contributed by atoms with van der Waals surface area (Å²) in [7, 11) is 0. The van der Waals surface area contributed by atoms with Gasteiger partial charge < -0.3 is 10.4 Å². The van der Waals surface area contributed by atoms with Gasteiger partial charge in [0.1, 0.15) is 0 Å². The molecule has 0 aromatic heterocycles. The molecule has 0 radical (unpaired) electrons. The van der Waals surface area contributed by atoms with Crippen molar-refractivity contribution >= 4 is 29.4 Å². The van der Waals surface area contributed by atoms with Crippen LogP contribution < -0.4 is 16.2 Å². The maximum absolute atomic E-state index is 12.5. The van der Waals surface area contributed by atoms with Gasteiger partial charge in [-0.3, -0.25) is 25.2 Å². The van der Waals surface area contributed by atoms with Crippen LogP contribution in [0.2, 0.25) is 0 Å². The molecule has 0 saturated heterocycles. The number of carbonyl (C=O) groups excluding carboxylic acids is 3. The molecule has 0 fully saturated rings. The quantitative estimate of drug-likeness (QED) is 0.429. The zero-order valence-electron chi connectivity index (χ0n) is 19.0. The number of hydrogen-bond acceptors (Lipinski definition) is 4. The first kappa shape index (κ1) is 24.2. The number of aromatic carboxylic acids is 1. The lowest BCUT2D eigenvalue weighted by Crippen LogP contribution is -2.42. The molecule has 0 aliphatic heterocycles. The van der Waals surface area contributed by atoms with E-state index in [0.717, 1.165) is 5.56 Å². The molecule has 0 bridgehead atoms. The SMILES string of the molecule is CC(C)(C)c1ccc(C(=O)Nc2ccc(C(=O)NNC(=O)c3ccccc3C(=O)O)cc2)cc1. The topological polar surface area (TPSA) is 125 Å². The van der Waals surface area contributed by atoms with E-state index >= 15 is 0 Å². The normalized spacial score (nSPS) is 10.8. The van der Waals surface area contributed by atoms with Gasteiger partial charge in [0.05, 0.1) is 11.1 Å². The summed E-state index contributed by atoms with van der Waals surface area (Å²) >= 11 is 0. The standard InChI is InChI=1S/C26H25N3O5/c1-26(2,3)18-12-8-16(9-13-18)22(30)27-19-14-10-17(11-15-19)23(31)28-29-24(32)20-6-4-5-7-21(20)25(33)34/h4-15H,1-3H3,(H,27,30)(H,28,31)(H,29,32)(H,33,34). The van der Waals surface area contributed by atoms with E-state index in [4.69, 9.17) is 0 Å². The van der Waals surface area contributed by atoms with Gasteiger partial charge in [0, 0.05) is 16.8 Å². The van der Waals surface area contributed by atoms with Crippen LogP contribution in [-0.2, 0) is 5.41 Å². The van der Waals surface area contributed by atoms with Gasteiger partial charge in [-0.15, -0.1) is 0 Å². The fraction of sp³-hybridized carbons (Fsp3) is 0.154. The molecule has 0 saturated carbocycles. The number of carboxylic acids is 1. The Morgan fingerprint density at radius 3 is 1.71 bits per heavy atom. The highest BCUT2D eigenvalue weighted by molar-refractivity contribution is 6.06. The van der Waals surface area contributed by atoms with E-state index in [1.165, 1.54) is 36.4 Å². The maximum atomic E-state index is 12.5. The molecule has 174 valence electrons. The zero-order chi connectivity index (χ0) is 24.9. The van der Waals surface area contributed by atoms with Crippen LogP contribution in [0.15, 0.2) is 72.8 Å². The molecule has 0 spiro atoms. The lowest BCUT2D eigenvalue weighted by molar-refractivity contribution is 0.0690. The largest absolute Gasteiger partial charge is 0.478 e. The van der Waals surface area contributed by atoms with Gasteiger partial charge in [-0.05, 0) is 59.5 Å². The number of anilines is 1. The molecular weight excluding hydrogens is 434 g/mol. The smallest absolute Gasteiger partial charge is 0.336 e. The summed E-state index contributed by atoms with van der Waals surface area (Å²) in [6.07, 6.45) is 0. The average Bonchev–Trinajstić information content (AvgIpc) is 2.82. The zero-order valence-corrected chi connectivity index (χ0v) is 19.0. The van der Waals surface area contributed by atoms with Crippen LogP contribution in [-0.4, -0.2) is 28.8 Å². The fourth-order valence-electron chi connectivity index (χ4n) is 3.15. The Bertz CT molecular complexity index is 1230. The molecule has 4 N–H and O–H groups in total. The van der Waals surface area contributed by atoms with Crippen molar-refractivity contribution in [1.82, 2.24) is 10.9 Å². The lowest BCUT2D eigenvalue weighted by atomic mass is 9.87. The van der Waals surface area contributed by atoms with Crippen LogP contribution in [0, 0.1) is 0 Å². The lowest BCUT2D eigenvalue weighted by Gasteiger charge is -2.19. The second-order valence-corrected chi connectivity index (χ2v) is 8.62. The monoisotopic (exact) mass is 459 g/mol.